The van der Waals surface area contributed by atoms with Gasteiger partial charge in [0, 0.05) is 5.39 Å². The number of benzene rings is 2. The first kappa shape index (κ1) is 10.7. The van der Waals surface area contributed by atoms with Crippen LogP contribution in [0.2, 0.25) is 0 Å². The molecule has 0 heterocycles. The fourth-order valence-corrected chi connectivity index (χ4v) is 2.57. The Bertz CT molecular complexity index is 570. The lowest BCUT2D eigenvalue weighted by Crippen LogP contribution is -2.24. The van der Waals surface area contributed by atoms with Gasteiger partial charge in [0.2, 0.25) is 0 Å². The standard InChI is InChI=1S/C15H15FO/c1-15(17,10-6-7-10)13-8-9-14(16)12-5-3-2-4-11(12)13/h2-5,8-10,17H,6-7H2,1H3/t15-/m1/s1. The molecule has 3 rings (SSSR count). The van der Waals surface area contributed by atoms with E-state index in [2.05, 4.69) is 0 Å². The van der Waals surface area contributed by atoms with E-state index in [9.17, 15) is 9.50 Å². The molecule has 1 nitrogen and oxygen atoms in total. The Morgan fingerprint density at radius 3 is 2.41 bits per heavy atom. The molecule has 17 heavy (non-hydrogen) atoms. The van der Waals surface area contributed by atoms with Gasteiger partial charge in [-0.1, -0.05) is 30.3 Å². The van der Waals surface area contributed by atoms with Gasteiger partial charge in [-0.05, 0) is 42.7 Å². The van der Waals surface area contributed by atoms with Gasteiger partial charge in [0.15, 0.2) is 0 Å². The van der Waals surface area contributed by atoms with Gasteiger partial charge in [0.1, 0.15) is 5.82 Å². The number of halogens is 1. The van der Waals surface area contributed by atoms with Crippen molar-refractivity contribution in [3.8, 4) is 0 Å². The summed E-state index contributed by atoms with van der Waals surface area (Å²) < 4.78 is 13.7. The van der Waals surface area contributed by atoms with Crippen molar-refractivity contribution >= 4 is 10.8 Å². The second-order valence-corrected chi connectivity index (χ2v) is 5.06. The second-order valence-electron chi connectivity index (χ2n) is 5.06. The summed E-state index contributed by atoms with van der Waals surface area (Å²) in [4.78, 5) is 0. The van der Waals surface area contributed by atoms with E-state index in [0.717, 1.165) is 23.8 Å². The minimum atomic E-state index is -0.840. The van der Waals surface area contributed by atoms with Gasteiger partial charge in [-0.3, -0.25) is 0 Å². The van der Waals surface area contributed by atoms with Crippen LogP contribution in [0.25, 0.3) is 10.8 Å². The fourth-order valence-electron chi connectivity index (χ4n) is 2.57. The molecule has 1 aliphatic rings. The first-order chi connectivity index (χ1) is 8.10. The lowest BCUT2D eigenvalue weighted by Gasteiger charge is -2.25. The highest BCUT2D eigenvalue weighted by Gasteiger charge is 2.42. The molecule has 1 fully saturated rings. The van der Waals surface area contributed by atoms with E-state index in [4.69, 9.17) is 0 Å². The maximum Gasteiger partial charge on any atom is 0.131 e. The molecule has 0 bridgehead atoms. The van der Waals surface area contributed by atoms with Crippen LogP contribution >= 0.6 is 0 Å². The van der Waals surface area contributed by atoms with Crippen LogP contribution < -0.4 is 0 Å². The molecule has 0 amide bonds. The average molecular weight is 230 g/mol. The Kier molecular flexibility index (Phi) is 2.23. The van der Waals surface area contributed by atoms with Crippen molar-refractivity contribution in [2.45, 2.75) is 25.4 Å². The van der Waals surface area contributed by atoms with E-state index < -0.39 is 5.60 Å². The zero-order valence-corrected chi connectivity index (χ0v) is 9.78. The summed E-state index contributed by atoms with van der Waals surface area (Å²) in [5.74, 6) is 0.0901. The molecular formula is C15H15FO. The van der Waals surface area contributed by atoms with Crippen LogP contribution in [0.4, 0.5) is 4.39 Å². The van der Waals surface area contributed by atoms with Gasteiger partial charge in [0.25, 0.3) is 0 Å². The van der Waals surface area contributed by atoms with E-state index in [1.165, 1.54) is 6.07 Å². The third kappa shape index (κ3) is 1.64. The minimum Gasteiger partial charge on any atom is -0.385 e. The molecule has 0 aliphatic heterocycles. The van der Waals surface area contributed by atoms with E-state index >= 15 is 0 Å². The predicted molar refractivity (Wildman–Crippen MR) is 66.2 cm³/mol. The van der Waals surface area contributed by atoms with E-state index in [0.29, 0.717) is 11.3 Å². The lowest BCUT2D eigenvalue weighted by molar-refractivity contribution is 0.0345. The van der Waals surface area contributed by atoms with E-state index in [1.807, 2.05) is 25.1 Å². The summed E-state index contributed by atoms with van der Waals surface area (Å²) >= 11 is 0. The summed E-state index contributed by atoms with van der Waals surface area (Å²) in [6, 6.07) is 10.5. The molecule has 1 atom stereocenters. The minimum absolute atomic E-state index is 0.226. The SMILES string of the molecule is C[C@](O)(c1ccc(F)c2ccccc12)C1CC1. The Hall–Kier alpha value is -1.41. The molecule has 0 saturated heterocycles. The Morgan fingerprint density at radius 2 is 1.76 bits per heavy atom. The molecule has 2 aromatic carbocycles. The van der Waals surface area contributed by atoms with Crippen LogP contribution in [0.15, 0.2) is 36.4 Å². The topological polar surface area (TPSA) is 20.2 Å². The molecule has 0 radical (unpaired) electrons. The van der Waals surface area contributed by atoms with E-state index in [-0.39, 0.29) is 5.82 Å². The third-order valence-electron chi connectivity index (χ3n) is 3.79. The summed E-state index contributed by atoms with van der Waals surface area (Å²) in [6.45, 7) is 1.84. The van der Waals surface area contributed by atoms with Crippen molar-refractivity contribution in [2.75, 3.05) is 0 Å². The first-order valence-electron chi connectivity index (χ1n) is 6.01. The fraction of sp³-hybridized carbons (Fsp3) is 0.333. The number of hydrogen-bond donors (Lipinski definition) is 1. The lowest BCUT2D eigenvalue weighted by atomic mass is 9.87. The maximum absolute atomic E-state index is 13.7. The smallest absolute Gasteiger partial charge is 0.131 e. The highest BCUT2D eigenvalue weighted by Crippen LogP contribution is 2.47. The molecule has 1 N–H and O–H groups in total. The van der Waals surface area contributed by atoms with Crippen molar-refractivity contribution in [3.05, 3.63) is 47.8 Å². The molecule has 1 aliphatic carbocycles. The van der Waals surface area contributed by atoms with Crippen LogP contribution in [0, 0.1) is 11.7 Å². The molecule has 88 valence electrons. The Labute approximate surface area is 99.9 Å². The van der Waals surface area contributed by atoms with Crippen molar-refractivity contribution < 1.29 is 9.50 Å². The molecule has 1 saturated carbocycles. The molecule has 2 heteroatoms. The van der Waals surface area contributed by atoms with Gasteiger partial charge in [-0.15, -0.1) is 0 Å². The normalized spacial score (nSPS) is 19.2. The first-order valence-corrected chi connectivity index (χ1v) is 6.01. The van der Waals surface area contributed by atoms with Gasteiger partial charge in [-0.2, -0.15) is 0 Å². The maximum atomic E-state index is 13.7. The number of hydrogen-bond acceptors (Lipinski definition) is 1. The van der Waals surface area contributed by atoms with Crippen molar-refractivity contribution in [2.24, 2.45) is 5.92 Å². The monoisotopic (exact) mass is 230 g/mol. The zero-order valence-electron chi connectivity index (χ0n) is 9.78. The summed E-state index contributed by atoms with van der Waals surface area (Å²) in [6.07, 6.45) is 2.11. The summed E-state index contributed by atoms with van der Waals surface area (Å²) in [7, 11) is 0. The average Bonchev–Trinajstić information content (AvgIpc) is 3.13. The molecule has 0 spiro atoms. The summed E-state index contributed by atoms with van der Waals surface area (Å²) in [5, 5.41) is 12.0. The van der Waals surface area contributed by atoms with Gasteiger partial charge >= 0.3 is 0 Å². The quantitative estimate of drug-likeness (QED) is 0.835. The van der Waals surface area contributed by atoms with E-state index in [1.54, 1.807) is 12.1 Å². The molecule has 2 aromatic rings. The van der Waals surface area contributed by atoms with Crippen LogP contribution in [-0.2, 0) is 5.60 Å². The number of rotatable bonds is 2. The van der Waals surface area contributed by atoms with Gasteiger partial charge in [0.05, 0.1) is 5.60 Å². The largest absolute Gasteiger partial charge is 0.385 e. The van der Waals surface area contributed by atoms with Gasteiger partial charge in [-0.25, -0.2) is 4.39 Å². The van der Waals surface area contributed by atoms with Crippen LogP contribution in [0.3, 0.4) is 0 Å². The number of aliphatic hydroxyl groups is 1. The highest BCUT2D eigenvalue weighted by atomic mass is 19.1. The third-order valence-corrected chi connectivity index (χ3v) is 3.79. The molecule has 0 unspecified atom stereocenters. The predicted octanol–water partition coefficient (Wildman–Crippen LogP) is 3.60. The zero-order chi connectivity index (χ0) is 12.0. The Morgan fingerprint density at radius 1 is 1.12 bits per heavy atom. The van der Waals surface area contributed by atoms with Crippen molar-refractivity contribution in [3.63, 3.8) is 0 Å². The number of fused-ring (bicyclic) bond motifs is 1. The summed E-state index contributed by atoms with van der Waals surface area (Å²) in [5.41, 5.74) is 0.00447. The van der Waals surface area contributed by atoms with Crippen LogP contribution in [0.5, 0.6) is 0 Å². The van der Waals surface area contributed by atoms with Crippen LogP contribution in [0.1, 0.15) is 25.3 Å². The molecule has 0 aromatic heterocycles. The molecular weight excluding hydrogens is 215 g/mol. The van der Waals surface area contributed by atoms with Gasteiger partial charge < -0.3 is 5.11 Å². The highest BCUT2D eigenvalue weighted by molar-refractivity contribution is 5.87. The second kappa shape index (κ2) is 3.54. The van der Waals surface area contributed by atoms with Crippen molar-refractivity contribution in [1.29, 1.82) is 0 Å². The Balaban J connectivity index is 2.26. The van der Waals surface area contributed by atoms with Crippen LogP contribution in [-0.4, -0.2) is 5.11 Å². The van der Waals surface area contributed by atoms with Crippen molar-refractivity contribution in [1.82, 2.24) is 0 Å².